The molecule has 0 aromatic carbocycles. The monoisotopic (exact) mass is 364 g/mol. The van der Waals surface area contributed by atoms with Crippen LogP contribution in [0.3, 0.4) is 0 Å². The second-order valence-corrected chi connectivity index (χ2v) is 6.28. The molecular weight excluding hydrogens is 344 g/mol. The van der Waals surface area contributed by atoms with Gasteiger partial charge in [-0.3, -0.25) is 20.3 Å². The number of aromatic amines is 1. The molecule has 138 valence electrons. The number of carbonyl (C=O) groups is 1. The molecule has 9 nitrogen and oxygen atoms in total. The van der Waals surface area contributed by atoms with E-state index in [1.54, 1.807) is 24.2 Å². The second-order valence-electron chi connectivity index (χ2n) is 6.28. The Morgan fingerprint density at radius 2 is 2.33 bits per heavy atom. The van der Waals surface area contributed by atoms with Gasteiger partial charge in [0, 0.05) is 25.5 Å². The molecule has 0 spiro atoms. The van der Waals surface area contributed by atoms with E-state index in [2.05, 4.69) is 37.1 Å². The summed E-state index contributed by atoms with van der Waals surface area (Å²) in [5.74, 6) is 0.976. The number of anilines is 2. The maximum absolute atomic E-state index is 13.1. The molecule has 2 aromatic heterocycles. The first-order chi connectivity index (χ1) is 13.2. The third kappa shape index (κ3) is 3.07. The molecule has 0 unspecified atom stereocenters. The van der Waals surface area contributed by atoms with Crippen molar-refractivity contribution in [3.8, 4) is 11.4 Å². The number of fused-ring (bicyclic) bond motifs is 4. The van der Waals surface area contributed by atoms with Gasteiger partial charge in [0.15, 0.2) is 11.6 Å². The van der Waals surface area contributed by atoms with Crippen LogP contribution in [0.1, 0.15) is 13.3 Å². The summed E-state index contributed by atoms with van der Waals surface area (Å²) in [5, 5.41) is 9.70. The maximum Gasteiger partial charge on any atom is 0.329 e. The number of H-pyrrole nitrogens is 1. The van der Waals surface area contributed by atoms with Gasteiger partial charge < -0.3 is 4.90 Å². The number of hydrogen-bond acceptors (Lipinski definition) is 6. The molecule has 0 saturated carbocycles. The molecule has 2 aliphatic rings. The summed E-state index contributed by atoms with van der Waals surface area (Å²) in [7, 11) is 0. The minimum absolute atomic E-state index is 0.0607. The van der Waals surface area contributed by atoms with Crippen LogP contribution in [0, 0.1) is 0 Å². The highest BCUT2D eigenvalue weighted by Gasteiger charge is 2.40. The van der Waals surface area contributed by atoms with Crippen LogP contribution in [0.5, 0.6) is 0 Å². The summed E-state index contributed by atoms with van der Waals surface area (Å²) in [6.07, 6.45) is 5.57. The van der Waals surface area contributed by atoms with E-state index in [0.29, 0.717) is 11.6 Å². The van der Waals surface area contributed by atoms with E-state index in [0.717, 1.165) is 36.6 Å². The van der Waals surface area contributed by atoms with E-state index < -0.39 is 0 Å². The van der Waals surface area contributed by atoms with Crippen molar-refractivity contribution in [3.63, 3.8) is 0 Å². The maximum atomic E-state index is 13.1. The summed E-state index contributed by atoms with van der Waals surface area (Å²) in [6, 6.07) is 5.58. The zero-order valence-corrected chi connectivity index (χ0v) is 15.0. The normalized spacial score (nSPS) is 18.7. The summed E-state index contributed by atoms with van der Waals surface area (Å²) in [5.41, 5.74) is 2.49. The van der Waals surface area contributed by atoms with E-state index in [1.165, 1.54) is 6.20 Å². The molecule has 0 aliphatic carbocycles. The van der Waals surface area contributed by atoms with Crippen LogP contribution in [0.4, 0.5) is 16.3 Å². The fraction of sp³-hybridized carbons (Fsp3) is 0.278. The predicted molar refractivity (Wildman–Crippen MR) is 105 cm³/mol. The Morgan fingerprint density at radius 1 is 1.44 bits per heavy atom. The molecule has 2 aromatic rings. The molecule has 0 radical (unpaired) electrons. The van der Waals surface area contributed by atoms with E-state index in [4.69, 9.17) is 4.98 Å². The molecule has 1 saturated heterocycles. The summed E-state index contributed by atoms with van der Waals surface area (Å²) in [4.78, 5) is 29.6. The number of rotatable bonds is 4. The zero-order chi connectivity index (χ0) is 18.8. The molecule has 2 bridgehead atoms. The van der Waals surface area contributed by atoms with Crippen LogP contribution in [-0.4, -0.2) is 53.3 Å². The Morgan fingerprint density at radius 3 is 3.07 bits per heavy atom. The Bertz CT molecular complexity index is 917. The number of amides is 2. The van der Waals surface area contributed by atoms with Gasteiger partial charge in [-0.1, -0.05) is 0 Å². The van der Waals surface area contributed by atoms with Crippen molar-refractivity contribution in [2.45, 2.75) is 19.4 Å². The molecular formula is C18H20N8O. The number of nitrogens with one attached hydrogen (secondary N) is 2. The molecule has 4 heterocycles. The first-order valence-corrected chi connectivity index (χ1v) is 8.72. The highest BCUT2D eigenvalue weighted by molar-refractivity contribution is 5.98. The van der Waals surface area contributed by atoms with Crippen molar-refractivity contribution in [1.82, 2.24) is 20.5 Å². The van der Waals surface area contributed by atoms with Crippen LogP contribution in [0.15, 0.2) is 46.4 Å². The SMILES string of the molecule is C=N/C=C(\N=C/C)NC(=O)N1c2nc(-c3ccn[nH]3)ccc2N2CC[C@H]1C2. The van der Waals surface area contributed by atoms with Crippen molar-refractivity contribution in [3.05, 3.63) is 36.4 Å². The molecule has 4 rings (SSSR count). The molecule has 2 N–H and O–H groups in total. The lowest BCUT2D eigenvalue weighted by Gasteiger charge is -2.35. The van der Waals surface area contributed by atoms with Gasteiger partial charge in [-0.15, -0.1) is 0 Å². The summed E-state index contributed by atoms with van der Waals surface area (Å²) >= 11 is 0. The van der Waals surface area contributed by atoms with Crippen molar-refractivity contribution in [1.29, 1.82) is 0 Å². The first kappa shape index (κ1) is 17.0. The van der Waals surface area contributed by atoms with E-state index in [1.807, 2.05) is 18.2 Å². The number of pyridine rings is 1. The van der Waals surface area contributed by atoms with Gasteiger partial charge in [-0.05, 0) is 38.3 Å². The number of aromatic nitrogens is 3. The molecule has 2 amide bonds. The summed E-state index contributed by atoms with van der Waals surface area (Å²) in [6.45, 7) is 6.89. The fourth-order valence-corrected chi connectivity index (χ4v) is 3.51. The number of hydrogen-bond donors (Lipinski definition) is 2. The molecule has 2 aliphatic heterocycles. The quantitative estimate of drug-likeness (QED) is 0.812. The highest BCUT2D eigenvalue weighted by Crippen LogP contribution is 2.39. The van der Waals surface area contributed by atoms with E-state index in [9.17, 15) is 4.79 Å². The molecule has 1 fully saturated rings. The van der Waals surface area contributed by atoms with Gasteiger partial charge in [0.25, 0.3) is 0 Å². The topological polar surface area (TPSA) is 102 Å². The van der Waals surface area contributed by atoms with Crippen LogP contribution in [0.25, 0.3) is 11.4 Å². The smallest absolute Gasteiger partial charge is 0.329 e. The molecule has 27 heavy (non-hydrogen) atoms. The molecule has 1 atom stereocenters. The Balaban J connectivity index is 1.71. The average molecular weight is 364 g/mol. The zero-order valence-electron chi connectivity index (χ0n) is 15.0. The first-order valence-electron chi connectivity index (χ1n) is 8.72. The van der Waals surface area contributed by atoms with Gasteiger partial charge in [0.2, 0.25) is 0 Å². The van der Waals surface area contributed by atoms with Gasteiger partial charge in [0.05, 0.1) is 29.3 Å². The lowest BCUT2D eigenvalue weighted by atomic mass is 10.1. The minimum Gasteiger partial charge on any atom is -0.366 e. The van der Waals surface area contributed by atoms with Crippen LogP contribution in [0.2, 0.25) is 0 Å². The highest BCUT2D eigenvalue weighted by atomic mass is 16.2. The number of nitrogens with zero attached hydrogens (tertiary/aromatic N) is 6. The lowest BCUT2D eigenvalue weighted by Crippen LogP contribution is -2.50. The Kier molecular flexibility index (Phi) is 4.41. The largest absolute Gasteiger partial charge is 0.366 e. The van der Waals surface area contributed by atoms with Gasteiger partial charge in [0.1, 0.15) is 0 Å². The minimum atomic E-state index is -0.280. The van der Waals surface area contributed by atoms with Crippen molar-refractivity contribution in [2.75, 3.05) is 22.9 Å². The van der Waals surface area contributed by atoms with E-state index >= 15 is 0 Å². The number of carbonyl (C=O) groups excluding carboxylic acids is 1. The van der Waals surface area contributed by atoms with Gasteiger partial charge >= 0.3 is 6.03 Å². The average Bonchev–Trinajstić information content (AvgIpc) is 3.33. The predicted octanol–water partition coefficient (Wildman–Crippen LogP) is 2.17. The van der Waals surface area contributed by atoms with Crippen LogP contribution < -0.4 is 15.1 Å². The number of urea groups is 1. The Hall–Kier alpha value is -3.49. The standard InChI is InChI=1S/C18H20N8O/c1-3-20-16(10-19-2)23-18(27)26-12-7-9-25(11-12)15-5-4-13(22-17(15)26)14-6-8-21-24-14/h3-6,8,10,12H,2,7,9,11H2,1H3,(H,21,24)(H,23,27)/b16-10+,20-3-/t12-/m0/s1. The van der Waals surface area contributed by atoms with Crippen molar-refractivity contribution >= 4 is 30.5 Å². The van der Waals surface area contributed by atoms with Crippen molar-refractivity contribution < 1.29 is 4.79 Å². The Labute approximate surface area is 156 Å². The lowest BCUT2D eigenvalue weighted by molar-refractivity contribution is 0.246. The van der Waals surface area contributed by atoms with E-state index in [-0.39, 0.29) is 12.1 Å². The van der Waals surface area contributed by atoms with Crippen LogP contribution in [-0.2, 0) is 0 Å². The third-order valence-corrected chi connectivity index (χ3v) is 4.66. The van der Waals surface area contributed by atoms with Crippen molar-refractivity contribution in [2.24, 2.45) is 9.98 Å². The third-order valence-electron chi connectivity index (χ3n) is 4.66. The fourth-order valence-electron chi connectivity index (χ4n) is 3.51. The number of aliphatic imine (C=N–C) groups is 2. The second kappa shape index (κ2) is 7.02. The van der Waals surface area contributed by atoms with Crippen LogP contribution >= 0.6 is 0 Å². The van der Waals surface area contributed by atoms with Gasteiger partial charge in [-0.2, -0.15) is 5.10 Å². The van der Waals surface area contributed by atoms with Gasteiger partial charge in [-0.25, -0.2) is 14.8 Å². The molecule has 9 heteroatoms. The summed E-state index contributed by atoms with van der Waals surface area (Å²) < 4.78 is 0.